The van der Waals surface area contributed by atoms with Gasteiger partial charge >= 0.3 is 0 Å². The normalized spacial score (nSPS) is 11.1. The lowest BCUT2D eigenvalue weighted by Gasteiger charge is -2.05. The number of anilines is 2. The summed E-state index contributed by atoms with van der Waals surface area (Å²) in [6.45, 7) is -0.505. The third-order valence-corrected chi connectivity index (χ3v) is 4.71. The van der Waals surface area contributed by atoms with Crippen LogP contribution in [0.3, 0.4) is 0 Å². The van der Waals surface area contributed by atoms with Gasteiger partial charge in [-0.25, -0.2) is 14.4 Å². The van der Waals surface area contributed by atoms with Crippen LogP contribution in [-0.2, 0) is 13.1 Å². The van der Waals surface area contributed by atoms with Gasteiger partial charge in [0, 0.05) is 15.7 Å². The van der Waals surface area contributed by atoms with Crippen LogP contribution in [0.4, 0.5) is 15.9 Å². The average Bonchev–Trinajstić information content (AvgIpc) is 3.09. The fourth-order valence-corrected chi connectivity index (χ4v) is 3.16. The summed E-state index contributed by atoms with van der Waals surface area (Å²) >= 11 is 12.4. The second-order valence-corrected chi connectivity index (χ2v) is 6.63. The molecule has 0 saturated heterocycles. The van der Waals surface area contributed by atoms with E-state index in [1.165, 1.54) is 6.33 Å². The number of alkyl halides is 1. The number of rotatable bonds is 5. The molecule has 2 aromatic carbocycles. The van der Waals surface area contributed by atoms with E-state index in [1.807, 2.05) is 0 Å². The van der Waals surface area contributed by atoms with E-state index in [-0.39, 0.29) is 0 Å². The van der Waals surface area contributed by atoms with E-state index >= 15 is 0 Å². The molecule has 2 heterocycles. The van der Waals surface area contributed by atoms with Gasteiger partial charge in [0.25, 0.3) is 5.71 Å². The highest BCUT2D eigenvalue weighted by molar-refractivity contribution is 6.36. The predicted molar refractivity (Wildman–Crippen MR) is 103 cm³/mol. The predicted octanol–water partition coefficient (Wildman–Crippen LogP) is 5.73. The summed E-state index contributed by atoms with van der Waals surface area (Å²) in [5.74, 6) is 0.921. The molecule has 5 nitrogen and oxygen atoms in total. The molecule has 0 aliphatic carbocycles. The first-order valence-corrected chi connectivity index (χ1v) is 8.85. The van der Waals surface area contributed by atoms with Crippen molar-refractivity contribution in [3.63, 3.8) is 0 Å². The Balaban J connectivity index is 1.65. The Labute approximate surface area is 164 Å². The fraction of sp³-hybridized carbons (Fsp3) is 0.105. The molecule has 0 amide bonds. The van der Waals surface area contributed by atoms with Gasteiger partial charge in [0.05, 0.1) is 6.42 Å². The van der Waals surface area contributed by atoms with Crippen LogP contribution in [0.5, 0.6) is 0 Å². The first kappa shape index (κ1) is 17.7. The summed E-state index contributed by atoms with van der Waals surface area (Å²) in [6.07, 6.45) is 1.72. The molecule has 0 fully saturated rings. The Morgan fingerprint density at radius 1 is 1.00 bits per heavy atom. The number of halogens is 3. The molecule has 0 atom stereocenters. The number of nitrogens with one attached hydrogen (secondary N) is 1. The third-order valence-electron chi connectivity index (χ3n) is 4.00. The van der Waals surface area contributed by atoms with Gasteiger partial charge in [-0.3, -0.25) is 0 Å². The Morgan fingerprint density at radius 2 is 1.74 bits per heavy atom. The van der Waals surface area contributed by atoms with Gasteiger partial charge in [0.1, 0.15) is 13.0 Å². The molecule has 27 heavy (non-hydrogen) atoms. The van der Waals surface area contributed by atoms with Crippen LogP contribution < -0.4 is 5.32 Å². The SMILES string of the molecule is FCc1ccc(Nc2ncnc3oc(Cc4c(Cl)cccc4Cl)nc23)cc1. The van der Waals surface area contributed by atoms with Crippen molar-refractivity contribution < 1.29 is 8.81 Å². The molecule has 0 bridgehead atoms. The molecule has 0 radical (unpaired) electrons. The smallest absolute Gasteiger partial charge is 0.252 e. The number of oxazole rings is 1. The molecule has 2 aromatic heterocycles. The van der Waals surface area contributed by atoms with Gasteiger partial charge in [0.15, 0.2) is 11.3 Å². The van der Waals surface area contributed by atoms with Crippen LogP contribution in [0.15, 0.2) is 53.2 Å². The standard InChI is InChI=1S/C19H13Cl2FN4O/c20-14-2-1-3-15(21)13(14)8-16-26-17-18(23-10-24-19(17)27-16)25-12-6-4-11(9-22)5-7-12/h1-7,10H,8-9H2,(H,23,24,25). The van der Waals surface area contributed by atoms with Crippen LogP contribution >= 0.6 is 23.2 Å². The van der Waals surface area contributed by atoms with Crippen molar-refractivity contribution in [3.05, 3.63) is 75.9 Å². The number of benzene rings is 2. The number of nitrogens with zero attached hydrogens (tertiary/aromatic N) is 3. The molecule has 0 aliphatic heterocycles. The van der Waals surface area contributed by atoms with Crippen LogP contribution in [-0.4, -0.2) is 15.0 Å². The van der Waals surface area contributed by atoms with E-state index in [9.17, 15) is 4.39 Å². The third kappa shape index (κ3) is 3.72. The molecule has 4 rings (SSSR count). The first-order chi connectivity index (χ1) is 13.1. The maximum Gasteiger partial charge on any atom is 0.252 e. The second kappa shape index (κ2) is 7.50. The van der Waals surface area contributed by atoms with Crippen molar-refractivity contribution in [3.8, 4) is 0 Å². The summed E-state index contributed by atoms with van der Waals surface area (Å²) in [6, 6.07) is 12.3. The maximum atomic E-state index is 12.6. The van der Waals surface area contributed by atoms with Crippen LogP contribution in [0.25, 0.3) is 11.2 Å². The Morgan fingerprint density at radius 3 is 2.44 bits per heavy atom. The zero-order valence-corrected chi connectivity index (χ0v) is 15.4. The first-order valence-electron chi connectivity index (χ1n) is 8.09. The number of hydrogen-bond donors (Lipinski definition) is 1. The Hall–Kier alpha value is -2.70. The lowest BCUT2D eigenvalue weighted by Crippen LogP contribution is -1.96. The fourth-order valence-electron chi connectivity index (χ4n) is 2.63. The van der Waals surface area contributed by atoms with Crippen molar-refractivity contribution in [1.29, 1.82) is 0 Å². The molecular formula is C19H13Cl2FN4O. The minimum Gasteiger partial charge on any atom is -0.422 e. The average molecular weight is 403 g/mol. The van der Waals surface area contributed by atoms with E-state index < -0.39 is 6.67 Å². The van der Waals surface area contributed by atoms with Crippen molar-refractivity contribution >= 4 is 45.9 Å². The van der Waals surface area contributed by atoms with Gasteiger partial charge in [-0.2, -0.15) is 4.98 Å². The zero-order chi connectivity index (χ0) is 18.8. The minimum atomic E-state index is -0.505. The number of hydrogen-bond acceptors (Lipinski definition) is 5. The minimum absolute atomic E-state index is 0.333. The number of fused-ring (bicyclic) bond motifs is 1. The summed E-state index contributed by atoms with van der Waals surface area (Å²) in [5, 5.41) is 4.24. The number of aromatic nitrogens is 3. The topological polar surface area (TPSA) is 63.8 Å². The molecule has 0 saturated carbocycles. The van der Waals surface area contributed by atoms with E-state index in [0.717, 1.165) is 11.3 Å². The van der Waals surface area contributed by atoms with Gasteiger partial charge in [-0.05, 0) is 35.4 Å². The highest BCUT2D eigenvalue weighted by Crippen LogP contribution is 2.29. The molecule has 4 aromatic rings. The quantitative estimate of drug-likeness (QED) is 0.461. The highest BCUT2D eigenvalue weighted by Gasteiger charge is 2.15. The molecular weight excluding hydrogens is 390 g/mol. The summed E-state index contributed by atoms with van der Waals surface area (Å²) < 4.78 is 18.4. The van der Waals surface area contributed by atoms with Crippen molar-refractivity contribution in [1.82, 2.24) is 15.0 Å². The van der Waals surface area contributed by atoms with E-state index in [1.54, 1.807) is 42.5 Å². The van der Waals surface area contributed by atoms with Crippen molar-refractivity contribution in [2.24, 2.45) is 0 Å². The van der Waals surface area contributed by atoms with Gasteiger partial charge in [-0.1, -0.05) is 41.4 Å². The van der Waals surface area contributed by atoms with Gasteiger partial charge in [-0.15, -0.1) is 0 Å². The molecule has 0 unspecified atom stereocenters. The maximum absolute atomic E-state index is 12.6. The van der Waals surface area contributed by atoms with Gasteiger partial charge < -0.3 is 9.73 Å². The van der Waals surface area contributed by atoms with Crippen molar-refractivity contribution in [2.45, 2.75) is 13.1 Å². The van der Waals surface area contributed by atoms with Crippen LogP contribution in [0.2, 0.25) is 10.0 Å². The van der Waals surface area contributed by atoms with E-state index in [0.29, 0.717) is 45.0 Å². The molecule has 0 aliphatic rings. The monoisotopic (exact) mass is 402 g/mol. The summed E-state index contributed by atoms with van der Waals surface area (Å²) in [5.41, 5.74) is 2.94. The van der Waals surface area contributed by atoms with Crippen molar-refractivity contribution in [2.75, 3.05) is 5.32 Å². The molecule has 8 heteroatoms. The molecule has 1 N–H and O–H groups in total. The van der Waals surface area contributed by atoms with E-state index in [4.69, 9.17) is 27.6 Å². The van der Waals surface area contributed by atoms with E-state index in [2.05, 4.69) is 20.3 Å². The van der Waals surface area contributed by atoms with Gasteiger partial charge in [0.2, 0.25) is 5.89 Å². The molecule has 136 valence electrons. The van der Waals surface area contributed by atoms with Crippen LogP contribution in [0, 0.1) is 0 Å². The Bertz CT molecular complexity index is 1080. The second-order valence-electron chi connectivity index (χ2n) is 5.82. The Kier molecular flexibility index (Phi) is 4.92. The zero-order valence-electron chi connectivity index (χ0n) is 13.9. The summed E-state index contributed by atoms with van der Waals surface area (Å²) in [4.78, 5) is 12.8. The molecule has 0 spiro atoms. The highest BCUT2D eigenvalue weighted by atomic mass is 35.5. The lowest BCUT2D eigenvalue weighted by atomic mass is 10.1. The van der Waals surface area contributed by atoms with Crippen LogP contribution in [0.1, 0.15) is 17.0 Å². The summed E-state index contributed by atoms with van der Waals surface area (Å²) in [7, 11) is 0. The largest absolute Gasteiger partial charge is 0.422 e. The lowest BCUT2D eigenvalue weighted by molar-refractivity contribution is 0.485.